The summed E-state index contributed by atoms with van der Waals surface area (Å²) in [5, 5.41) is 4.08. The van der Waals surface area contributed by atoms with Gasteiger partial charge in [0.2, 0.25) is 0 Å². The van der Waals surface area contributed by atoms with Crippen molar-refractivity contribution in [3.63, 3.8) is 0 Å². The van der Waals surface area contributed by atoms with Crippen LogP contribution in [-0.2, 0) is 9.59 Å². The predicted molar refractivity (Wildman–Crippen MR) is 120 cm³/mol. The van der Waals surface area contributed by atoms with Gasteiger partial charge >= 0.3 is 6.03 Å². The number of anilines is 1. The van der Waals surface area contributed by atoms with Gasteiger partial charge in [-0.1, -0.05) is 49.4 Å². The van der Waals surface area contributed by atoms with E-state index in [0.29, 0.717) is 23.6 Å². The lowest BCUT2D eigenvalue weighted by molar-refractivity contribution is -0.122. The molecule has 156 valence electrons. The van der Waals surface area contributed by atoms with E-state index in [1.54, 1.807) is 18.2 Å². The standard InChI is InChI=1S/C25H22N2O4/c1-3-13-31-22-12-11-17-8-4-5-10-19(17)20(22)15-21-23(28)26-25(30)27(24(21)29)18-9-6-7-16(2)14-18/h4-12,14-15H,3,13H2,1-2H3,(H,26,28,30)/b21-15+. The fourth-order valence-corrected chi connectivity index (χ4v) is 3.57. The highest BCUT2D eigenvalue weighted by Gasteiger charge is 2.37. The maximum atomic E-state index is 13.3. The van der Waals surface area contributed by atoms with E-state index in [9.17, 15) is 14.4 Å². The van der Waals surface area contributed by atoms with E-state index in [4.69, 9.17) is 4.74 Å². The summed E-state index contributed by atoms with van der Waals surface area (Å²) in [5.74, 6) is -0.824. The summed E-state index contributed by atoms with van der Waals surface area (Å²) < 4.78 is 5.89. The molecule has 1 saturated heterocycles. The van der Waals surface area contributed by atoms with Gasteiger partial charge in [0.15, 0.2) is 0 Å². The Bertz CT molecular complexity index is 1230. The van der Waals surface area contributed by atoms with Crippen molar-refractivity contribution in [1.82, 2.24) is 5.32 Å². The average Bonchev–Trinajstić information content (AvgIpc) is 2.75. The van der Waals surface area contributed by atoms with Crippen LogP contribution in [0.3, 0.4) is 0 Å². The van der Waals surface area contributed by atoms with Crippen molar-refractivity contribution >= 4 is 40.4 Å². The average molecular weight is 414 g/mol. The number of hydrogen-bond donors (Lipinski definition) is 1. The van der Waals surface area contributed by atoms with Crippen LogP contribution in [0.5, 0.6) is 5.75 Å². The number of urea groups is 1. The molecule has 0 aromatic heterocycles. The smallest absolute Gasteiger partial charge is 0.335 e. The summed E-state index contributed by atoms with van der Waals surface area (Å²) in [5.41, 5.74) is 1.80. The number of fused-ring (bicyclic) bond motifs is 1. The fraction of sp³-hybridized carbons (Fsp3) is 0.160. The van der Waals surface area contributed by atoms with Crippen molar-refractivity contribution in [3.8, 4) is 5.75 Å². The van der Waals surface area contributed by atoms with Crippen LogP contribution in [0, 0.1) is 6.92 Å². The number of amides is 4. The van der Waals surface area contributed by atoms with E-state index in [2.05, 4.69) is 5.32 Å². The topological polar surface area (TPSA) is 75.7 Å². The molecule has 1 heterocycles. The van der Waals surface area contributed by atoms with Crippen LogP contribution in [0.2, 0.25) is 0 Å². The third kappa shape index (κ3) is 3.92. The Kier molecular flexibility index (Phi) is 5.54. The van der Waals surface area contributed by atoms with E-state index in [0.717, 1.165) is 27.7 Å². The summed E-state index contributed by atoms with van der Waals surface area (Å²) in [6.07, 6.45) is 2.33. The second-order valence-electron chi connectivity index (χ2n) is 7.34. The highest BCUT2D eigenvalue weighted by atomic mass is 16.5. The molecule has 0 unspecified atom stereocenters. The van der Waals surface area contributed by atoms with Crippen LogP contribution in [0.15, 0.2) is 66.2 Å². The number of carbonyl (C=O) groups is 3. The highest BCUT2D eigenvalue weighted by Crippen LogP contribution is 2.32. The first-order chi connectivity index (χ1) is 15.0. The minimum absolute atomic E-state index is 0.126. The normalized spacial score (nSPS) is 15.5. The van der Waals surface area contributed by atoms with E-state index in [1.165, 1.54) is 6.08 Å². The Morgan fingerprint density at radius 3 is 2.58 bits per heavy atom. The minimum Gasteiger partial charge on any atom is -0.493 e. The Hall–Kier alpha value is -3.93. The molecular formula is C25H22N2O4. The number of carbonyl (C=O) groups excluding carboxylic acids is 3. The summed E-state index contributed by atoms with van der Waals surface area (Å²) in [6.45, 7) is 4.37. The fourth-order valence-electron chi connectivity index (χ4n) is 3.57. The zero-order valence-corrected chi connectivity index (χ0v) is 17.3. The van der Waals surface area contributed by atoms with Crippen molar-refractivity contribution in [1.29, 1.82) is 0 Å². The van der Waals surface area contributed by atoms with Crippen LogP contribution in [-0.4, -0.2) is 24.5 Å². The van der Waals surface area contributed by atoms with Gasteiger partial charge in [0.1, 0.15) is 11.3 Å². The molecule has 0 radical (unpaired) electrons. The van der Waals surface area contributed by atoms with Crippen molar-refractivity contribution in [2.45, 2.75) is 20.3 Å². The van der Waals surface area contributed by atoms with Crippen LogP contribution < -0.4 is 15.0 Å². The monoisotopic (exact) mass is 414 g/mol. The quantitative estimate of drug-likeness (QED) is 0.489. The summed E-state index contributed by atoms with van der Waals surface area (Å²) in [4.78, 5) is 39.3. The van der Waals surface area contributed by atoms with Gasteiger partial charge in [0.05, 0.1) is 12.3 Å². The van der Waals surface area contributed by atoms with E-state index in [-0.39, 0.29) is 5.57 Å². The largest absolute Gasteiger partial charge is 0.493 e. The number of rotatable bonds is 5. The summed E-state index contributed by atoms with van der Waals surface area (Å²) in [6, 6.07) is 17.7. The van der Waals surface area contributed by atoms with Gasteiger partial charge in [-0.25, -0.2) is 9.69 Å². The first-order valence-electron chi connectivity index (χ1n) is 10.1. The highest BCUT2D eigenvalue weighted by molar-refractivity contribution is 6.39. The molecular weight excluding hydrogens is 392 g/mol. The number of nitrogens with zero attached hydrogens (tertiary/aromatic N) is 1. The SMILES string of the molecule is CCCOc1ccc2ccccc2c1/C=C1\C(=O)NC(=O)N(c2cccc(C)c2)C1=O. The molecule has 4 amide bonds. The molecule has 0 saturated carbocycles. The molecule has 0 bridgehead atoms. The second-order valence-corrected chi connectivity index (χ2v) is 7.34. The first kappa shape index (κ1) is 20.3. The molecule has 0 aliphatic carbocycles. The van der Waals surface area contributed by atoms with Gasteiger partial charge in [-0.3, -0.25) is 14.9 Å². The molecule has 1 fully saturated rings. The number of imide groups is 2. The van der Waals surface area contributed by atoms with E-state index >= 15 is 0 Å². The van der Waals surface area contributed by atoms with Gasteiger partial charge in [0, 0.05) is 5.56 Å². The molecule has 1 N–H and O–H groups in total. The van der Waals surface area contributed by atoms with Crippen LogP contribution in [0.25, 0.3) is 16.8 Å². The maximum absolute atomic E-state index is 13.3. The maximum Gasteiger partial charge on any atom is 0.335 e. The van der Waals surface area contributed by atoms with Crippen LogP contribution in [0.1, 0.15) is 24.5 Å². The van der Waals surface area contributed by atoms with Gasteiger partial charge in [-0.05, 0) is 54.0 Å². The number of barbiturate groups is 1. The molecule has 1 aliphatic heterocycles. The third-order valence-electron chi connectivity index (χ3n) is 5.04. The number of nitrogens with one attached hydrogen (secondary N) is 1. The second kappa shape index (κ2) is 8.44. The lowest BCUT2D eigenvalue weighted by atomic mass is 9.99. The first-order valence-corrected chi connectivity index (χ1v) is 10.1. The van der Waals surface area contributed by atoms with Gasteiger partial charge in [-0.2, -0.15) is 0 Å². The number of hydrogen-bond acceptors (Lipinski definition) is 4. The Balaban J connectivity index is 1.85. The molecule has 4 rings (SSSR count). The lowest BCUT2D eigenvalue weighted by Crippen LogP contribution is -2.54. The molecule has 3 aromatic rings. The number of ether oxygens (including phenoxy) is 1. The van der Waals surface area contributed by atoms with Crippen LogP contribution >= 0.6 is 0 Å². The Morgan fingerprint density at radius 1 is 1.00 bits per heavy atom. The van der Waals surface area contributed by atoms with Crippen molar-refractivity contribution < 1.29 is 19.1 Å². The zero-order valence-electron chi connectivity index (χ0n) is 17.3. The molecule has 6 nitrogen and oxygen atoms in total. The number of benzene rings is 3. The third-order valence-corrected chi connectivity index (χ3v) is 5.04. The molecule has 0 atom stereocenters. The predicted octanol–water partition coefficient (Wildman–Crippen LogP) is 4.60. The zero-order chi connectivity index (χ0) is 22.0. The summed E-state index contributed by atoms with van der Waals surface area (Å²) in [7, 11) is 0. The minimum atomic E-state index is -0.766. The molecule has 1 aliphatic rings. The Morgan fingerprint density at radius 2 is 1.81 bits per heavy atom. The van der Waals surface area contributed by atoms with Gasteiger partial charge in [-0.15, -0.1) is 0 Å². The van der Waals surface area contributed by atoms with Crippen LogP contribution in [0.4, 0.5) is 10.5 Å². The molecule has 6 heteroatoms. The van der Waals surface area contributed by atoms with Gasteiger partial charge < -0.3 is 4.74 Å². The molecule has 31 heavy (non-hydrogen) atoms. The van der Waals surface area contributed by atoms with Gasteiger partial charge in [0.25, 0.3) is 11.8 Å². The van der Waals surface area contributed by atoms with Crippen molar-refractivity contribution in [2.75, 3.05) is 11.5 Å². The molecule has 0 spiro atoms. The Labute approximate surface area is 180 Å². The van der Waals surface area contributed by atoms with E-state index in [1.807, 2.05) is 56.3 Å². The summed E-state index contributed by atoms with van der Waals surface area (Å²) >= 11 is 0. The number of aryl methyl sites for hydroxylation is 1. The van der Waals surface area contributed by atoms with Crippen molar-refractivity contribution in [3.05, 3.63) is 77.4 Å². The van der Waals surface area contributed by atoms with E-state index < -0.39 is 17.8 Å². The lowest BCUT2D eigenvalue weighted by Gasteiger charge is -2.26. The molecule has 3 aromatic carbocycles. The van der Waals surface area contributed by atoms with Crippen molar-refractivity contribution in [2.24, 2.45) is 0 Å².